The zero-order chi connectivity index (χ0) is 20.1. The van der Waals surface area contributed by atoms with E-state index in [1.165, 1.54) is 23.5 Å². The second-order valence-electron chi connectivity index (χ2n) is 6.38. The van der Waals surface area contributed by atoms with Gasteiger partial charge in [-0.1, -0.05) is 29.8 Å². The summed E-state index contributed by atoms with van der Waals surface area (Å²) < 4.78 is 27.1. The van der Waals surface area contributed by atoms with Crippen LogP contribution >= 0.6 is 0 Å². The number of carbonyl (C=O) groups excluding carboxylic acids is 1. The van der Waals surface area contributed by atoms with Crippen LogP contribution in [0.1, 0.15) is 21.5 Å². The Balaban J connectivity index is 1.79. The van der Waals surface area contributed by atoms with E-state index >= 15 is 0 Å². The van der Waals surface area contributed by atoms with Crippen molar-refractivity contribution in [3.05, 3.63) is 89.7 Å². The third-order valence-corrected chi connectivity index (χ3v) is 6.11. The number of anilines is 1. The fourth-order valence-corrected chi connectivity index (χ4v) is 3.88. The van der Waals surface area contributed by atoms with Gasteiger partial charge in [-0.25, -0.2) is 8.42 Å². The Morgan fingerprint density at radius 1 is 1.07 bits per heavy atom. The molecule has 0 aliphatic heterocycles. The monoisotopic (exact) mass is 395 g/mol. The lowest BCUT2D eigenvalue weighted by Gasteiger charge is -2.20. The molecule has 0 aliphatic rings. The number of carbonyl (C=O) groups is 1. The highest BCUT2D eigenvalue weighted by atomic mass is 32.2. The summed E-state index contributed by atoms with van der Waals surface area (Å²) in [5.74, 6) is -0.348. The molecule has 1 aromatic heterocycles. The first-order valence-corrected chi connectivity index (χ1v) is 10.1. The molecular formula is C21H21N3O3S. The Hall–Kier alpha value is -3.19. The highest BCUT2D eigenvalue weighted by molar-refractivity contribution is 7.92. The van der Waals surface area contributed by atoms with Gasteiger partial charge in [-0.2, -0.15) is 0 Å². The Kier molecular flexibility index (Phi) is 5.75. The van der Waals surface area contributed by atoms with Crippen LogP contribution in [0.2, 0.25) is 0 Å². The SMILES string of the molecule is Cc1ccc(N(C)S(=O)(=O)c2cccc(C(=O)NCc3cccnc3)c2)cc1. The molecular weight excluding hydrogens is 374 g/mol. The average molecular weight is 395 g/mol. The molecule has 0 fully saturated rings. The van der Waals surface area contributed by atoms with Crippen LogP contribution in [0, 0.1) is 6.92 Å². The molecule has 0 bridgehead atoms. The Bertz CT molecular complexity index is 1070. The van der Waals surface area contributed by atoms with Crippen LogP contribution in [0.4, 0.5) is 5.69 Å². The molecule has 2 aromatic carbocycles. The van der Waals surface area contributed by atoms with Crippen molar-refractivity contribution in [3.8, 4) is 0 Å². The minimum Gasteiger partial charge on any atom is -0.348 e. The summed E-state index contributed by atoms with van der Waals surface area (Å²) in [7, 11) is -2.29. The number of aryl methyl sites for hydroxylation is 1. The van der Waals surface area contributed by atoms with E-state index in [0.717, 1.165) is 11.1 Å². The molecule has 0 unspecified atom stereocenters. The molecule has 0 radical (unpaired) electrons. The van der Waals surface area contributed by atoms with Crippen LogP contribution in [0.3, 0.4) is 0 Å². The second kappa shape index (κ2) is 8.22. The van der Waals surface area contributed by atoms with Crippen LogP contribution < -0.4 is 9.62 Å². The number of hydrogen-bond donors (Lipinski definition) is 1. The standard InChI is InChI=1S/C21H21N3O3S/c1-16-8-10-19(11-9-16)24(2)28(26,27)20-7-3-6-18(13-20)21(25)23-15-17-5-4-12-22-14-17/h3-14H,15H2,1-2H3,(H,23,25). The molecule has 0 saturated carbocycles. The van der Waals surface area contributed by atoms with Crippen molar-refractivity contribution in [1.29, 1.82) is 0 Å². The molecule has 7 heteroatoms. The van der Waals surface area contributed by atoms with E-state index < -0.39 is 10.0 Å². The summed E-state index contributed by atoms with van der Waals surface area (Å²) in [5, 5.41) is 2.77. The third kappa shape index (κ3) is 4.37. The van der Waals surface area contributed by atoms with Gasteiger partial charge in [0.2, 0.25) is 0 Å². The summed E-state index contributed by atoms with van der Waals surface area (Å²) in [5.41, 5.74) is 2.74. The van der Waals surface area contributed by atoms with Gasteiger partial charge in [0.1, 0.15) is 0 Å². The number of pyridine rings is 1. The molecule has 3 aromatic rings. The second-order valence-corrected chi connectivity index (χ2v) is 8.35. The highest BCUT2D eigenvalue weighted by Gasteiger charge is 2.22. The van der Waals surface area contributed by atoms with Crippen LogP contribution in [-0.4, -0.2) is 26.4 Å². The molecule has 1 amide bonds. The minimum atomic E-state index is -3.78. The smallest absolute Gasteiger partial charge is 0.264 e. The van der Waals surface area contributed by atoms with Gasteiger partial charge in [0, 0.05) is 31.5 Å². The molecule has 1 heterocycles. The van der Waals surface area contributed by atoms with E-state index in [2.05, 4.69) is 10.3 Å². The predicted molar refractivity (Wildman–Crippen MR) is 109 cm³/mol. The van der Waals surface area contributed by atoms with Gasteiger partial charge in [-0.15, -0.1) is 0 Å². The molecule has 3 rings (SSSR count). The molecule has 0 saturated heterocycles. The van der Waals surface area contributed by atoms with Crippen LogP contribution in [-0.2, 0) is 16.6 Å². The molecule has 0 spiro atoms. The molecule has 0 atom stereocenters. The average Bonchev–Trinajstić information content (AvgIpc) is 2.73. The van der Waals surface area contributed by atoms with Crippen molar-refractivity contribution >= 4 is 21.6 Å². The normalized spacial score (nSPS) is 11.1. The van der Waals surface area contributed by atoms with Crippen molar-refractivity contribution in [1.82, 2.24) is 10.3 Å². The van der Waals surface area contributed by atoms with Gasteiger partial charge in [-0.05, 0) is 48.9 Å². The van der Waals surface area contributed by atoms with E-state index in [1.54, 1.807) is 42.7 Å². The first-order chi connectivity index (χ1) is 13.4. The first-order valence-electron chi connectivity index (χ1n) is 8.71. The Morgan fingerprint density at radius 3 is 2.50 bits per heavy atom. The molecule has 6 nitrogen and oxygen atoms in total. The summed E-state index contributed by atoms with van der Waals surface area (Å²) in [6.45, 7) is 2.25. The largest absolute Gasteiger partial charge is 0.348 e. The van der Waals surface area contributed by atoms with Crippen molar-refractivity contribution < 1.29 is 13.2 Å². The predicted octanol–water partition coefficient (Wildman–Crippen LogP) is 3.15. The maximum Gasteiger partial charge on any atom is 0.264 e. The van der Waals surface area contributed by atoms with E-state index in [-0.39, 0.29) is 16.4 Å². The lowest BCUT2D eigenvalue weighted by atomic mass is 10.2. The van der Waals surface area contributed by atoms with Gasteiger partial charge in [0.25, 0.3) is 15.9 Å². The molecule has 144 valence electrons. The van der Waals surface area contributed by atoms with Gasteiger partial charge in [0.15, 0.2) is 0 Å². The number of benzene rings is 2. The summed E-state index contributed by atoms with van der Waals surface area (Å²) >= 11 is 0. The lowest BCUT2D eigenvalue weighted by molar-refractivity contribution is 0.0950. The number of aromatic nitrogens is 1. The van der Waals surface area contributed by atoms with Gasteiger partial charge >= 0.3 is 0 Å². The van der Waals surface area contributed by atoms with Crippen molar-refractivity contribution in [2.45, 2.75) is 18.4 Å². The van der Waals surface area contributed by atoms with Gasteiger partial charge < -0.3 is 5.32 Å². The fourth-order valence-electron chi connectivity index (χ4n) is 2.64. The van der Waals surface area contributed by atoms with E-state index in [9.17, 15) is 13.2 Å². The van der Waals surface area contributed by atoms with Crippen molar-refractivity contribution in [3.63, 3.8) is 0 Å². The van der Waals surface area contributed by atoms with E-state index in [4.69, 9.17) is 0 Å². The molecule has 0 aliphatic carbocycles. The number of hydrogen-bond acceptors (Lipinski definition) is 4. The summed E-state index contributed by atoms with van der Waals surface area (Å²) in [6.07, 6.45) is 3.32. The van der Waals surface area contributed by atoms with Gasteiger partial charge in [-0.3, -0.25) is 14.1 Å². The van der Waals surface area contributed by atoms with Crippen molar-refractivity contribution in [2.75, 3.05) is 11.4 Å². The molecule has 1 N–H and O–H groups in total. The topological polar surface area (TPSA) is 79.4 Å². The van der Waals surface area contributed by atoms with Gasteiger partial charge in [0.05, 0.1) is 10.6 Å². The van der Waals surface area contributed by atoms with E-state index in [1.807, 2.05) is 25.1 Å². The Morgan fingerprint density at radius 2 is 1.82 bits per heavy atom. The van der Waals surface area contributed by atoms with Crippen molar-refractivity contribution in [2.24, 2.45) is 0 Å². The first kappa shape index (κ1) is 19.6. The highest BCUT2D eigenvalue weighted by Crippen LogP contribution is 2.23. The van der Waals surface area contributed by atoms with Crippen LogP contribution in [0.15, 0.2) is 78.0 Å². The van der Waals surface area contributed by atoms with Crippen LogP contribution in [0.5, 0.6) is 0 Å². The number of rotatable bonds is 6. The number of amides is 1. The number of sulfonamides is 1. The lowest BCUT2D eigenvalue weighted by Crippen LogP contribution is -2.27. The number of nitrogens with one attached hydrogen (secondary N) is 1. The minimum absolute atomic E-state index is 0.0598. The Labute approximate surface area is 164 Å². The maximum atomic E-state index is 13.0. The fraction of sp³-hybridized carbons (Fsp3) is 0.143. The summed E-state index contributed by atoms with van der Waals surface area (Å²) in [6, 6.07) is 16.9. The zero-order valence-corrected chi connectivity index (χ0v) is 16.5. The number of nitrogens with zero attached hydrogens (tertiary/aromatic N) is 2. The van der Waals surface area contributed by atoms with E-state index in [0.29, 0.717) is 12.2 Å². The quantitative estimate of drug-likeness (QED) is 0.695. The van der Waals surface area contributed by atoms with Crippen LogP contribution in [0.25, 0.3) is 0 Å². The maximum absolute atomic E-state index is 13.0. The molecule has 28 heavy (non-hydrogen) atoms. The third-order valence-electron chi connectivity index (χ3n) is 4.33. The summed E-state index contributed by atoms with van der Waals surface area (Å²) in [4.78, 5) is 16.5. The zero-order valence-electron chi connectivity index (χ0n) is 15.7.